The Morgan fingerprint density at radius 2 is 2.25 bits per heavy atom. The van der Waals surface area contributed by atoms with Crippen molar-refractivity contribution in [1.29, 1.82) is 0 Å². The highest BCUT2D eigenvalue weighted by atomic mass is 32.3. The summed E-state index contributed by atoms with van der Waals surface area (Å²) in [7, 11) is -1.28. The monoisotopic (exact) mass is 300 g/mol. The molecule has 0 amide bonds. The molecule has 11 heteroatoms. The van der Waals surface area contributed by atoms with E-state index >= 15 is 0 Å². The second-order valence-electron chi connectivity index (χ2n) is 4.78. The molecule has 10 nitrogen and oxygen atoms in total. The van der Waals surface area contributed by atoms with E-state index in [0.717, 1.165) is 11.5 Å². The normalized spacial score (nSPS) is 28.4. The lowest BCUT2D eigenvalue weighted by molar-refractivity contribution is 0.309. The highest BCUT2D eigenvalue weighted by molar-refractivity contribution is 8.33. The number of aromatic amines is 1. The minimum absolute atomic E-state index is 0.150. The number of nitroso groups, excluding NO2 is 1. The zero-order valence-electron chi connectivity index (χ0n) is 10.5. The van der Waals surface area contributed by atoms with E-state index < -0.39 is 16.0 Å². The highest BCUT2D eigenvalue weighted by Crippen LogP contribution is 2.57. The molecule has 0 spiro atoms. The van der Waals surface area contributed by atoms with Gasteiger partial charge >= 0.3 is 5.76 Å². The quantitative estimate of drug-likeness (QED) is 0.764. The lowest BCUT2D eigenvalue weighted by atomic mass is 10.2. The van der Waals surface area contributed by atoms with E-state index in [2.05, 4.69) is 39.5 Å². The topological polar surface area (TPSA) is 139 Å². The van der Waals surface area contributed by atoms with Gasteiger partial charge in [0.05, 0.1) is 0 Å². The number of aromatic nitrogens is 4. The van der Waals surface area contributed by atoms with Gasteiger partial charge in [0.15, 0.2) is 5.69 Å². The van der Waals surface area contributed by atoms with Crippen LogP contribution >= 0.6 is 10.2 Å². The molecule has 3 rings (SSSR count). The smallest absolute Gasteiger partial charge is 0.365 e. The molecule has 0 unspecified atom stereocenters. The van der Waals surface area contributed by atoms with Crippen LogP contribution in [-0.2, 0) is 0 Å². The third kappa shape index (κ3) is 2.31. The third-order valence-electron chi connectivity index (χ3n) is 3.08. The Balaban J connectivity index is 1.64. The van der Waals surface area contributed by atoms with Gasteiger partial charge in [-0.05, 0) is 27.1 Å². The number of nitrogens with zero attached hydrogens (tertiary/aromatic N) is 4. The van der Waals surface area contributed by atoms with Gasteiger partial charge in [-0.2, -0.15) is 0 Å². The van der Waals surface area contributed by atoms with Crippen LogP contribution in [0.3, 0.4) is 0 Å². The maximum absolute atomic E-state index is 10.9. The Kier molecular flexibility index (Phi) is 3.04. The molecule has 0 bridgehead atoms. The van der Waals surface area contributed by atoms with E-state index in [-0.39, 0.29) is 11.5 Å². The number of hydrogen-bond donors (Lipinski definition) is 2. The minimum Gasteiger partial charge on any atom is -0.365 e. The minimum atomic E-state index is -1.28. The van der Waals surface area contributed by atoms with Crippen molar-refractivity contribution in [2.45, 2.75) is 0 Å². The summed E-state index contributed by atoms with van der Waals surface area (Å²) in [5.41, 5.74) is 0.277. The van der Waals surface area contributed by atoms with E-state index in [4.69, 9.17) is 0 Å². The van der Waals surface area contributed by atoms with Crippen molar-refractivity contribution in [3.05, 3.63) is 15.5 Å². The molecule has 0 aliphatic carbocycles. The second kappa shape index (κ2) is 4.74. The van der Waals surface area contributed by atoms with Crippen LogP contribution < -0.4 is 11.1 Å². The standard InChI is InChI=1S/C9H12N6O4S/c1-20(15-17)3-5(4-20)2-10-7-6(12-19-14-7)8-11-9(16)18-13-8/h5H,2-4H2,1H3,(H,10,14)(H,11,13,16). The van der Waals surface area contributed by atoms with E-state index in [9.17, 15) is 9.70 Å². The predicted octanol–water partition coefficient (Wildman–Crippen LogP) is 0.570. The summed E-state index contributed by atoms with van der Waals surface area (Å²) in [6, 6.07) is 0. The Morgan fingerprint density at radius 3 is 2.90 bits per heavy atom. The molecule has 1 aliphatic rings. The van der Waals surface area contributed by atoms with Crippen LogP contribution in [0.5, 0.6) is 0 Å². The van der Waals surface area contributed by atoms with Crippen LogP contribution in [0.15, 0.2) is 18.5 Å². The zero-order chi connectivity index (χ0) is 14.2. The van der Waals surface area contributed by atoms with Crippen LogP contribution in [0.4, 0.5) is 5.82 Å². The molecule has 20 heavy (non-hydrogen) atoms. The van der Waals surface area contributed by atoms with Crippen LogP contribution in [0.25, 0.3) is 11.5 Å². The second-order valence-corrected chi connectivity index (χ2v) is 8.04. The van der Waals surface area contributed by atoms with Crippen LogP contribution in [0, 0.1) is 10.8 Å². The van der Waals surface area contributed by atoms with Gasteiger partial charge in [0.1, 0.15) is 0 Å². The molecular formula is C9H12N6O4S. The maximum Gasteiger partial charge on any atom is 0.439 e. The first kappa shape index (κ1) is 12.8. The molecule has 108 valence electrons. The molecule has 1 saturated heterocycles. The average molecular weight is 300 g/mol. The van der Waals surface area contributed by atoms with Crippen LogP contribution in [0.2, 0.25) is 0 Å². The molecule has 2 aromatic heterocycles. The van der Waals surface area contributed by atoms with Gasteiger partial charge in [0.2, 0.25) is 11.6 Å². The fraction of sp³-hybridized carbons (Fsp3) is 0.556. The van der Waals surface area contributed by atoms with Gasteiger partial charge in [0, 0.05) is 18.1 Å². The van der Waals surface area contributed by atoms with Crippen LogP contribution in [0.1, 0.15) is 0 Å². The van der Waals surface area contributed by atoms with Crippen molar-refractivity contribution in [2.75, 3.05) is 29.6 Å². The third-order valence-corrected chi connectivity index (χ3v) is 5.82. The number of anilines is 1. The lowest BCUT2D eigenvalue weighted by Gasteiger charge is -2.43. The average Bonchev–Trinajstić information content (AvgIpc) is 3.01. The molecule has 1 fully saturated rings. The van der Waals surface area contributed by atoms with Gasteiger partial charge in [-0.15, -0.1) is 15.1 Å². The van der Waals surface area contributed by atoms with E-state index in [1.807, 2.05) is 6.26 Å². The summed E-state index contributed by atoms with van der Waals surface area (Å²) in [6.45, 7) is 0.626. The number of nitrogens with one attached hydrogen (secondary N) is 2. The van der Waals surface area contributed by atoms with Crippen molar-refractivity contribution >= 4 is 16.0 Å². The molecule has 0 radical (unpaired) electrons. The summed E-state index contributed by atoms with van der Waals surface area (Å²) >= 11 is 0. The Labute approximate surface area is 113 Å². The zero-order valence-corrected chi connectivity index (χ0v) is 11.3. The first-order chi connectivity index (χ1) is 9.59. The van der Waals surface area contributed by atoms with Crippen molar-refractivity contribution in [3.63, 3.8) is 0 Å². The summed E-state index contributed by atoms with van der Waals surface area (Å²) in [4.78, 5) is 23.9. The summed E-state index contributed by atoms with van der Waals surface area (Å²) < 4.78 is 12.2. The molecular weight excluding hydrogens is 288 g/mol. The largest absolute Gasteiger partial charge is 0.439 e. The van der Waals surface area contributed by atoms with Gasteiger partial charge < -0.3 is 5.32 Å². The summed E-state index contributed by atoms with van der Waals surface area (Å²) in [5.74, 6) is 1.84. The Hall–Kier alpha value is -2.17. The summed E-state index contributed by atoms with van der Waals surface area (Å²) in [6.07, 6.45) is 1.92. The van der Waals surface area contributed by atoms with Gasteiger partial charge in [-0.3, -0.25) is 9.51 Å². The van der Waals surface area contributed by atoms with Gasteiger partial charge in [-0.25, -0.2) is 9.42 Å². The first-order valence-corrected chi connectivity index (χ1v) is 8.14. The molecule has 3 heterocycles. The fourth-order valence-electron chi connectivity index (χ4n) is 2.18. The number of rotatable bonds is 5. The first-order valence-electron chi connectivity index (χ1n) is 5.81. The molecule has 2 aromatic rings. The van der Waals surface area contributed by atoms with E-state index in [1.54, 1.807) is 0 Å². The Bertz CT molecular complexity index is 672. The lowest BCUT2D eigenvalue weighted by Crippen LogP contribution is -2.36. The maximum atomic E-state index is 10.9. The van der Waals surface area contributed by atoms with E-state index in [1.165, 1.54) is 0 Å². The molecule has 0 saturated carbocycles. The van der Waals surface area contributed by atoms with Gasteiger partial charge in [0.25, 0.3) is 0 Å². The predicted molar refractivity (Wildman–Crippen MR) is 71.4 cm³/mol. The molecule has 0 aromatic carbocycles. The number of H-pyrrole nitrogens is 1. The number of hydrogen-bond acceptors (Lipinski definition) is 9. The molecule has 0 atom stereocenters. The SMILES string of the molecule is CS1(N=O)CC(CNc2nonc2-c2noc(=O)[nH]2)C1. The van der Waals surface area contributed by atoms with Gasteiger partial charge in [-0.1, -0.05) is 5.16 Å². The molecule has 2 N–H and O–H groups in total. The van der Waals surface area contributed by atoms with Crippen molar-refractivity contribution < 1.29 is 9.15 Å². The van der Waals surface area contributed by atoms with E-state index in [0.29, 0.717) is 18.3 Å². The van der Waals surface area contributed by atoms with Crippen molar-refractivity contribution in [3.8, 4) is 11.5 Å². The fourth-order valence-corrected chi connectivity index (χ4v) is 4.47. The van der Waals surface area contributed by atoms with Crippen molar-refractivity contribution in [1.82, 2.24) is 20.5 Å². The summed E-state index contributed by atoms with van der Waals surface area (Å²) in [5, 5.41) is 14.0. The van der Waals surface area contributed by atoms with Crippen molar-refractivity contribution in [2.24, 2.45) is 10.5 Å². The Morgan fingerprint density at radius 1 is 1.45 bits per heavy atom. The van der Waals surface area contributed by atoms with Crippen LogP contribution in [-0.4, -0.2) is 44.8 Å². The molecule has 1 aliphatic heterocycles. The highest BCUT2D eigenvalue weighted by Gasteiger charge is 2.37.